The predicted octanol–water partition coefficient (Wildman–Crippen LogP) is 5.40. The SMILES string of the molecule is CC(C)(C)C(=Nc1ccc(Cl)cc1)Oc1ccc([N+](=O)[O-])cc1. The fraction of sp³-hybridized carbons (Fsp3) is 0.235. The first kappa shape index (κ1) is 17.0. The summed E-state index contributed by atoms with van der Waals surface area (Å²) in [6.45, 7) is 5.94. The number of aliphatic imine (C=N–C) groups is 1. The van der Waals surface area contributed by atoms with Gasteiger partial charge in [0, 0.05) is 22.6 Å². The Kier molecular flexibility index (Phi) is 5.01. The molecule has 0 aliphatic rings. The summed E-state index contributed by atoms with van der Waals surface area (Å²) in [7, 11) is 0. The highest BCUT2D eigenvalue weighted by Gasteiger charge is 2.22. The molecule has 0 aliphatic heterocycles. The minimum atomic E-state index is -0.448. The Morgan fingerprint density at radius 1 is 1.09 bits per heavy atom. The molecule has 120 valence electrons. The Balaban J connectivity index is 2.29. The number of non-ortho nitro benzene ring substituents is 1. The molecule has 0 saturated heterocycles. The van der Waals surface area contributed by atoms with Crippen LogP contribution < -0.4 is 4.74 Å². The van der Waals surface area contributed by atoms with Crippen molar-refractivity contribution < 1.29 is 9.66 Å². The molecular formula is C17H17ClN2O3. The van der Waals surface area contributed by atoms with E-state index in [1.54, 1.807) is 36.4 Å². The summed E-state index contributed by atoms with van der Waals surface area (Å²) >= 11 is 5.87. The molecule has 0 spiro atoms. The van der Waals surface area contributed by atoms with Gasteiger partial charge >= 0.3 is 0 Å². The molecule has 0 aliphatic carbocycles. The average molecular weight is 333 g/mol. The summed E-state index contributed by atoms with van der Waals surface area (Å²) in [5.74, 6) is 1.01. The van der Waals surface area contributed by atoms with Gasteiger partial charge in [-0.05, 0) is 36.4 Å². The van der Waals surface area contributed by atoms with Gasteiger partial charge in [-0.1, -0.05) is 32.4 Å². The summed E-state index contributed by atoms with van der Waals surface area (Å²) in [5.41, 5.74) is 0.409. The van der Waals surface area contributed by atoms with E-state index in [0.29, 0.717) is 16.7 Å². The van der Waals surface area contributed by atoms with E-state index in [2.05, 4.69) is 4.99 Å². The van der Waals surface area contributed by atoms with Crippen molar-refractivity contribution >= 4 is 28.9 Å². The molecule has 0 fully saturated rings. The molecule has 0 heterocycles. The van der Waals surface area contributed by atoms with E-state index < -0.39 is 4.92 Å². The summed E-state index contributed by atoms with van der Waals surface area (Å²) in [6.07, 6.45) is 0. The normalized spacial score (nSPS) is 12.1. The zero-order valence-corrected chi connectivity index (χ0v) is 13.9. The van der Waals surface area contributed by atoms with Gasteiger partial charge in [0.25, 0.3) is 5.69 Å². The third-order valence-electron chi connectivity index (χ3n) is 2.96. The largest absolute Gasteiger partial charge is 0.442 e. The van der Waals surface area contributed by atoms with Crippen molar-refractivity contribution in [3.8, 4) is 5.75 Å². The Bertz CT molecular complexity index is 717. The van der Waals surface area contributed by atoms with Gasteiger partial charge in [0.05, 0.1) is 10.6 Å². The minimum absolute atomic E-state index is 0.0179. The van der Waals surface area contributed by atoms with E-state index in [4.69, 9.17) is 16.3 Å². The van der Waals surface area contributed by atoms with Gasteiger partial charge in [-0.3, -0.25) is 10.1 Å². The second-order valence-electron chi connectivity index (χ2n) is 6.00. The van der Waals surface area contributed by atoms with Crippen molar-refractivity contribution in [3.63, 3.8) is 0 Å². The summed E-state index contributed by atoms with van der Waals surface area (Å²) in [4.78, 5) is 14.8. The maximum absolute atomic E-state index is 10.7. The lowest BCUT2D eigenvalue weighted by Crippen LogP contribution is -2.26. The lowest BCUT2D eigenvalue weighted by Gasteiger charge is -2.21. The van der Waals surface area contributed by atoms with Crippen molar-refractivity contribution in [2.75, 3.05) is 0 Å². The number of halogens is 1. The van der Waals surface area contributed by atoms with Crippen LogP contribution in [0.1, 0.15) is 20.8 Å². The molecule has 0 unspecified atom stereocenters. The maximum Gasteiger partial charge on any atom is 0.269 e. The van der Waals surface area contributed by atoms with Crippen LogP contribution in [-0.2, 0) is 0 Å². The number of ether oxygens (including phenoxy) is 1. The fourth-order valence-corrected chi connectivity index (χ4v) is 1.85. The first-order chi connectivity index (χ1) is 10.8. The van der Waals surface area contributed by atoms with Gasteiger partial charge in [0.2, 0.25) is 5.90 Å². The molecule has 0 amide bonds. The van der Waals surface area contributed by atoms with Gasteiger partial charge < -0.3 is 4.74 Å². The van der Waals surface area contributed by atoms with Crippen LogP contribution in [0.5, 0.6) is 5.75 Å². The standard InChI is InChI=1S/C17H17ClN2O3/c1-17(2,3)16(19-13-6-4-12(18)5-7-13)23-15-10-8-14(9-11-15)20(21)22/h4-11H,1-3H3. The average Bonchev–Trinajstić information content (AvgIpc) is 2.48. The molecular weight excluding hydrogens is 316 g/mol. The smallest absolute Gasteiger partial charge is 0.269 e. The second-order valence-corrected chi connectivity index (χ2v) is 6.43. The fourth-order valence-electron chi connectivity index (χ4n) is 1.72. The number of hydrogen-bond donors (Lipinski definition) is 0. The molecule has 2 aromatic rings. The van der Waals surface area contributed by atoms with Crippen LogP contribution in [0.3, 0.4) is 0 Å². The minimum Gasteiger partial charge on any atom is -0.442 e. The molecule has 0 aromatic heterocycles. The molecule has 0 saturated carbocycles. The molecule has 2 rings (SSSR count). The summed E-state index contributed by atoms with van der Waals surface area (Å²) < 4.78 is 5.84. The molecule has 5 nitrogen and oxygen atoms in total. The van der Waals surface area contributed by atoms with Gasteiger partial charge in [-0.2, -0.15) is 0 Å². The van der Waals surface area contributed by atoms with Crippen molar-refractivity contribution in [1.29, 1.82) is 0 Å². The van der Waals surface area contributed by atoms with E-state index in [-0.39, 0.29) is 11.1 Å². The van der Waals surface area contributed by atoms with Crippen LogP contribution in [0.2, 0.25) is 5.02 Å². The van der Waals surface area contributed by atoms with Gasteiger partial charge in [-0.15, -0.1) is 0 Å². The van der Waals surface area contributed by atoms with Crippen molar-refractivity contribution in [1.82, 2.24) is 0 Å². The summed E-state index contributed by atoms with van der Waals surface area (Å²) in [6, 6.07) is 13.0. The monoisotopic (exact) mass is 332 g/mol. The summed E-state index contributed by atoms with van der Waals surface area (Å²) in [5, 5.41) is 11.3. The molecule has 0 N–H and O–H groups in total. The molecule has 0 radical (unpaired) electrons. The lowest BCUT2D eigenvalue weighted by atomic mass is 9.96. The van der Waals surface area contributed by atoms with E-state index >= 15 is 0 Å². The Hall–Kier alpha value is -2.40. The van der Waals surface area contributed by atoms with E-state index in [1.807, 2.05) is 20.8 Å². The number of nitro benzene ring substituents is 1. The van der Waals surface area contributed by atoms with Gasteiger partial charge in [-0.25, -0.2) is 4.99 Å². The first-order valence-corrected chi connectivity index (χ1v) is 7.40. The van der Waals surface area contributed by atoms with Gasteiger partial charge in [0.1, 0.15) is 5.75 Å². The van der Waals surface area contributed by atoms with Gasteiger partial charge in [0.15, 0.2) is 0 Å². The Labute approximate surface area is 139 Å². The number of hydrogen-bond acceptors (Lipinski definition) is 4. The highest BCUT2D eigenvalue weighted by Crippen LogP contribution is 2.26. The number of nitro groups is 1. The van der Waals surface area contributed by atoms with Crippen LogP contribution in [0.4, 0.5) is 11.4 Å². The van der Waals surface area contributed by atoms with Crippen LogP contribution in [0, 0.1) is 15.5 Å². The van der Waals surface area contributed by atoms with Crippen molar-refractivity contribution in [2.24, 2.45) is 10.4 Å². The zero-order chi connectivity index (χ0) is 17.0. The zero-order valence-electron chi connectivity index (χ0n) is 13.1. The molecule has 23 heavy (non-hydrogen) atoms. The highest BCUT2D eigenvalue weighted by atomic mass is 35.5. The van der Waals surface area contributed by atoms with Crippen LogP contribution in [0.15, 0.2) is 53.5 Å². The van der Waals surface area contributed by atoms with Crippen molar-refractivity contribution in [3.05, 3.63) is 63.7 Å². The van der Waals surface area contributed by atoms with Crippen LogP contribution in [0.25, 0.3) is 0 Å². The maximum atomic E-state index is 10.7. The number of nitrogens with zero attached hydrogens (tertiary/aromatic N) is 2. The number of rotatable bonds is 3. The number of benzene rings is 2. The Morgan fingerprint density at radius 2 is 1.65 bits per heavy atom. The van der Waals surface area contributed by atoms with E-state index in [0.717, 1.165) is 5.69 Å². The lowest BCUT2D eigenvalue weighted by molar-refractivity contribution is -0.384. The van der Waals surface area contributed by atoms with E-state index in [9.17, 15) is 10.1 Å². The topological polar surface area (TPSA) is 64.7 Å². The Morgan fingerprint density at radius 3 is 2.13 bits per heavy atom. The molecule has 0 bridgehead atoms. The predicted molar refractivity (Wildman–Crippen MR) is 91.7 cm³/mol. The molecule has 2 aromatic carbocycles. The molecule has 0 atom stereocenters. The van der Waals surface area contributed by atoms with E-state index in [1.165, 1.54) is 12.1 Å². The molecule has 6 heteroatoms. The highest BCUT2D eigenvalue weighted by molar-refractivity contribution is 6.30. The van der Waals surface area contributed by atoms with Crippen LogP contribution in [-0.4, -0.2) is 10.8 Å². The quantitative estimate of drug-likeness (QED) is 0.327. The first-order valence-electron chi connectivity index (χ1n) is 7.03. The second kappa shape index (κ2) is 6.79. The third-order valence-corrected chi connectivity index (χ3v) is 3.21. The van der Waals surface area contributed by atoms with Crippen LogP contribution >= 0.6 is 11.6 Å². The third kappa shape index (κ3) is 4.79. The van der Waals surface area contributed by atoms with Crippen molar-refractivity contribution in [2.45, 2.75) is 20.8 Å².